The van der Waals surface area contributed by atoms with Gasteiger partial charge in [-0.25, -0.2) is 4.98 Å². The first-order valence-corrected chi connectivity index (χ1v) is 5.49. The van der Waals surface area contributed by atoms with Gasteiger partial charge in [-0.15, -0.1) is 0 Å². The minimum absolute atomic E-state index is 0.249. The summed E-state index contributed by atoms with van der Waals surface area (Å²) in [5.41, 5.74) is 1.11. The summed E-state index contributed by atoms with van der Waals surface area (Å²) in [6.07, 6.45) is 6.37. The molecule has 2 N–H and O–H groups in total. The lowest BCUT2D eigenvalue weighted by Gasteiger charge is -2.10. The molecule has 16 heavy (non-hydrogen) atoms. The molecule has 0 radical (unpaired) electrons. The minimum Gasteiger partial charge on any atom is -0.347 e. The number of H-pyrrole nitrogens is 1. The number of pyridine rings is 1. The molecule has 0 spiro atoms. The summed E-state index contributed by atoms with van der Waals surface area (Å²) < 4.78 is 0. The maximum atomic E-state index is 4.27. The van der Waals surface area contributed by atoms with Crippen molar-refractivity contribution < 1.29 is 0 Å². The van der Waals surface area contributed by atoms with Crippen LogP contribution in [0.15, 0.2) is 36.8 Å². The van der Waals surface area contributed by atoms with E-state index in [1.54, 1.807) is 6.20 Å². The molecule has 4 heteroatoms. The highest BCUT2D eigenvalue weighted by atomic mass is 15.0. The first kappa shape index (κ1) is 10.8. The van der Waals surface area contributed by atoms with Crippen molar-refractivity contribution in [2.75, 3.05) is 6.54 Å². The number of hydrogen-bond donors (Lipinski definition) is 2. The van der Waals surface area contributed by atoms with Gasteiger partial charge >= 0.3 is 0 Å². The number of nitrogens with one attached hydrogen (secondary N) is 2. The molecular formula is C12H16N4. The van der Waals surface area contributed by atoms with Crippen LogP contribution in [0, 0.1) is 0 Å². The van der Waals surface area contributed by atoms with Crippen LogP contribution in [-0.2, 0) is 6.42 Å². The third-order valence-electron chi connectivity index (χ3n) is 2.49. The summed E-state index contributed by atoms with van der Waals surface area (Å²) in [4.78, 5) is 11.6. The molecule has 2 aromatic rings. The van der Waals surface area contributed by atoms with Crippen LogP contribution >= 0.6 is 0 Å². The van der Waals surface area contributed by atoms with Crippen molar-refractivity contribution in [3.63, 3.8) is 0 Å². The van der Waals surface area contributed by atoms with Crippen LogP contribution in [0.25, 0.3) is 0 Å². The maximum absolute atomic E-state index is 4.27. The molecular weight excluding hydrogens is 200 g/mol. The van der Waals surface area contributed by atoms with E-state index in [0.717, 1.165) is 24.5 Å². The topological polar surface area (TPSA) is 53.6 Å². The van der Waals surface area contributed by atoms with Gasteiger partial charge in [-0.05, 0) is 19.1 Å². The summed E-state index contributed by atoms with van der Waals surface area (Å²) in [5.74, 6) is 0.973. The van der Waals surface area contributed by atoms with Gasteiger partial charge in [-0.1, -0.05) is 6.07 Å². The van der Waals surface area contributed by atoms with Crippen LogP contribution in [0.4, 0.5) is 0 Å². The lowest BCUT2D eigenvalue weighted by atomic mass is 10.2. The third kappa shape index (κ3) is 2.90. The highest BCUT2D eigenvalue weighted by molar-refractivity contribution is 5.04. The van der Waals surface area contributed by atoms with E-state index in [4.69, 9.17) is 0 Å². The van der Waals surface area contributed by atoms with Crippen molar-refractivity contribution in [2.45, 2.75) is 19.4 Å². The lowest BCUT2D eigenvalue weighted by Crippen LogP contribution is -2.22. The molecule has 2 heterocycles. The minimum atomic E-state index is 0.249. The smallest absolute Gasteiger partial charge is 0.122 e. The van der Waals surface area contributed by atoms with E-state index < -0.39 is 0 Å². The predicted molar refractivity (Wildman–Crippen MR) is 62.9 cm³/mol. The van der Waals surface area contributed by atoms with Gasteiger partial charge in [-0.3, -0.25) is 4.98 Å². The number of imidazole rings is 1. The average Bonchev–Trinajstić information content (AvgIpc) is 2.84. The summed E-state index contributed by atoms with van der Waals surface area (Å²) in [6.45, 7) is 3.00. The van der Waals surface area contributed by atoms with E-state index in [1.807, 2.05) is 30.6 Å². The van der Waals surface area contributed by atoms with E-state index >= 15 is 0 Å². The summed E-state index contributed by atoms with van der Waals surface area (Å²) in [6, 6.07) is 6.23. The van der Waals surface area contributed by atoms with Crippen LogP contribution < -0.4 is 5.32 Å². The van der Waals surface area contributed by atoms with Crippen molar-refractivity contribution in [1.29, 1.82) is 0 Å². The highest BCUT2D eigenvalue weighted by Gasteiger charge is 2.05. The van der Waals surface area contributed by atoms with Crippen LogP contribution in [0.5, 0.6) is 0 Å². The Hall–Kier alpha value is -1.68. The monoisotopic (exact) mass is 216 g/mol. The van der Waals surface area contributed by atoms with Crippen LogP contribution in [-0.4, -0.2) is 21.5 Å². The number of nitrogens with zero attached hydrogens (tertiary/aromatic N) is 2. The fraction of sp³-hybridized carbons (Fsp3) is 0.333. The Bertz CT molecular complexity index is 396. The molecule has 2 aromatic heterocycles. The van der Waals surface area contributed by atoms with Gasteiger partial charge in [-0.2, -0.15) is 0 Å². The second kappa shape index (κ2) is 5.42. The fourth-order valence-corrected chi connectivity index (χ4v) is 1.57. The van der Waals surface area contributed by atoms with Crippen molar-refractivity contribution >= 4 is 0 Å². The molecule has 0 amide bonds. The normalized spacial score (nSPS) is 12.6. The Balaban J connectivity index is 1.76. The van der Waals surface area contributed by atoms with Gasteiger partial charge in [0, 0.05) is 37.3 Å². The zero-order valence-corrected chi connectivity index (χ0v) is 9.35. The van der Waals surface area contributed by atoms with Crippen molar-refractivity contribution in [1.82, 2.24) is 20.3 Å². The second-order valence-corrected chi connectivity index (χ2v) is 3.72. The number of aromatic amines is 1. The molecule has 0 saturated heterocycles. The molecule has 1 atom stereocenters. The molecule has 0 aliphatic heterocycles. The molecule has 1 unspecified atom stereocenters. The predicted octanol–water partition coefficient (Wildman–Crippen LogP) is 1.70. The maximum Gasteiger partial charge on any atom is 0.122 e. The summed E-state index contributed by atoms with van der Waals surface area (Å²) in [5, 5.41) is 3.40. The summed E-state index contributed by atoms with van der Waals surface area (Å²) in [7, 11) is 0. The van der Waals surface area contributed by atoms with E-state index in [1.165, 1.54) is 0 Å². The Labute approximate surface area is 95.1 Å². The zero-order chi connectivity index (χ0) is 11.2. The second-order valence-electron chi connectivity index (χ2n) is 3.72. The van der Waals surface area contributed by atoms with Crippen molar-refractivity contribution in [3.05, 3.63) is 48.3 Å². The zero-order valence-electron chi connectivity index (χ0n) is 9.35. The van der Waals surface area contributed by atoms with Gasteiger partial charge in [0.15, 0.2) is 0 Å². The van der Waals surface area contributed by atoms with E-state index in [0.29, 0.717) is 0 Å². The Morgan fingerprint density at radius 3 is 2.94 bits per heavy atom. The van der Waals surface area contributed by atoms with Crippen molar-refractivity contribution in [3.8, 4) is 0 Å². The lowest BCUT2D eigenvalue weighted by molar-refractivity contribution is 0.551. The van der Waals surface area contributed by atoms with Crippen LogP contribution in [0.3, 0.4) is 0 Å². The molecule has 0 saturated carbocycles. The first-order valence-electron chi connectivity index (χ1n) is 5.49. The molecule has 0 fully saturated rings. The molecule has 2 rings (SSSR count). The number of hydrogen-bond acceptors (Lipinski definition) is 3. The Morgan fingerprint density at radius 2 is 2.25 bits per heavy atom. The third-order valence-corrected chi connectivity index (χ3v) is 2.49. The molecule has 4 nitrogen and oxygen atoms in total. The molecule has 0 aromatic carbocycles. The highest BCUT2D eigenvalue weighted by Crippen LogP contribution is 2.04. The van der Waals surface area contributed by atoms with E-state index in [-0.39, 0.29) is 6.04 Å². The van der Waals surface area contributed by atoms with Crippen LogP contribution in [0.1, 0.15) is 24.5 Å². The Kier molecular flexibility index (Phi) is 3.66. The van der Waals surface area contributed by atoms with E-state index in [9.17, 15) is 0 Å². The number of rotatable bonds is 5. The van der Waals surface area contributed by atoms with Gasteiger partial charge in [0.1, 0.15) is 5.82 Å². The number of aromatic nitrogens is 3. The largest absolute Gasteiger partial charge is 0.347 e. The van der Waals surface area contributed by atoms with Gasteiger partial charge in [0.05, 0.1) is 6.04 Å². The van der Waals surface area contributed by atoms with E-state index in [2.05, 4.69) is 27.2 Å². The fourth-order valence-electron chi connectivity index (χ4n) is 1.57. The van der Waals surface area contributed by atoms with Crippen LogP contribution in [0.2, 0.25) is 0 Å². The molecule has 0 bridgehead atoms. The van der Waals surface area contributed by atoms with Gasteiger partial charge < -0.3 is 10.3 Å². The Morgan fingerprint density at radius 1 is 1.31 bits per heavy atom. The van der Waals surface area contributed by atoms with Gasteiger partial charge in [0.2, 0.25) is 0 Å². The first-order chi connectivity index (χ1) is 7.86. The average molecular weight is 216 g/mol. The quantitative estimate of drug-likeness (QED) is 0.799. The SMILES string of the molecule is CC(NCCc1ccccn1)c1ncc[nH]1. The van der Waals surface area contributed by atoms with Gasteiger partial charge in [0.25, 0.3) is 0 Å². The molecule has 0 aliphatic rings. The summed E-state index contributed by atoms with van der Waals surface area (Å²) >= 11 is 0. The molecule has 84 valence electrons. The van der Waals surface area contributed by atoms with Crippen molar-refractivity contribution in [2.24, 2.45) is 0 Å². The molecule has 0 aliphatic carbocycles. The standard InChI is InChI=1S/C12H16N4/c1-10(12-15-8-9-16-12)13-7-5-11-4-2-3-6-14-11/h2-4,6,8-10,13H,5,7H2,1H3,(H,15,16).